The third kappa shape index (κ3) is 5.06. The Morgan fingerprint density at radius 2 is 1.97 bits per heavy atom. The van der Waals surface area contributed by atoms with Crippen molar-refractivity contribution in [3.63, 3.8) is 0 Å². The van der Waals surface area contributed by atoms with Crippen LogP contribution >= 0.6 is 0 Å². The summed E-state index contributed by atoms with van der Waals surface area (Å²) in [6, 6.07) is 7.25. The number of aliphatic imine (C=N–C) groups is 1. The lowest BCUT2D eigenvalue weighted by molar-refractivity contribution is 0.122. The normalized spacial score (nSPS) is 15.9. The third-order valence-corrected chi connectivity index (χ3v) is 5.86. The predicted molar refractivity (Wildman–Crippen MR) is 131 cm³/mol. The molecule has 7 nitrogen and oxygen atoms in total. The second-order valence-electron chi connectivity index (χ2n) is 7.94. The zero-order chi connectivity index (χ0) is 24.9. The number of morpholine rings is 1. The number of rotatable bonds is 7. The van der Waals surface area contributed by atoms with Gasteiger partial charge < -0.3 is 19.5 Å². The highest BCUT2D eigenvalue weighted by molar-refractivity contribution is 5.94. The van der Waals surface area contributed by atoms with Crippen LogP contribution in [-0.2, 0) is 9.47 Å². The number of nitrogens with zero attached hydrogens (tertiary/aromatic N) is 4. The van der Waals surface area contributed by atoms with Gasteiger partial charge in [-0.2, -0.15) is 0 Å². The first-order chi connectivity index (χ1) is 16.9. The van der Waals surface area contributed by atoms with Gasteiger partial charge in [-0.05, 0) is 36.8 Å². The van der Waals surface area contributed by atoms with Gasteiger partial charge in [-0.3, -0.25) is 4.99 Å². The van der Waals surface area contributed by atoms with Gasteiger partial charge in [-0.1, -0.05) is 18.7 Å². The van der Waals surface area contributed by atoms with Gasteiger partial charge in [0.1, 0.15) is 35.5 Å². The standard InChI is InChI=1S/C26H26F2N4O3/c1-4-7-29-24(16(2)34-3)26(33)17-5-6-20(27)19(12-17)25-23-21(28)13-18(14-22(23)30-15-31-25)32-8-10-35-11-9-32/h4-7,12-15,26,33H,1,8-11H2,2-3H3/b24-16+,29-7?. The molecule has 0 radical (unpaired) electrons. The number of ether oxygens (including phenoxy) is 2. The Morgan fingerprint density at radius 3 is 2.69 bits per heavy atom. The van der Waals surface area contributed by atoms with Crippen LogP contribution in [0, 0.1) is 11.6 Å². The summed E-state index contributed by atoms with van der Waals surface area (Å²) in [5.74, 6) is -0.784. The van der Waals surface area contributed by atoms with E-state index in [1.54, 1.807) is 13.0 Å². The molecule has 1 fully saturated rings. The summed E-state index contributed by atoms with van der Waals surface area (Å²) in [6.07, 6.45) is 2.94. The lowest BCUT2D eigenvalue weighted by atomic mass is 9.98. The number of methoxy groups -OCH3 is 1. The molecule has 1 aromatic heterocycles. The van der Waals surface area contributed by atoms with Crippen molar-refractivity contribution in [3.8, 4) is 11.3 Å². The minimum Gasteiger partial charge on any atom is -0.499 e. The van der Waals surface area contributed by atoms with Crippen LogP contribution in [0.25, 0.3) is 22.2 Å². The van der Waals surface area contributed by atoms with E-state index < -0.39 is 17.7 Å². The van der Waals surface area contributed by atoms with Crippen LogP contribution in [-0.4, -0.2) is 54.7 Å². The molecule has 4 rings (SSSR count). The molecular formula is C26H26F2N4O3. The Bertz CT molecular complexity index is 1300. The van der Waals surface area contributed by atoms with Crippen LogP contribution < -0.4 is 4.90 Å². The molecule has 1 atom stereocenters. The first-order valence-corrected chi connectivity index (χ1v) is 11.1. The topological polar surface area (TPSA) is 80.1 Å². The van der Waals surface area contributed by atoms with Crippen molar-refractivity contribution < 1.29 is 23.4 Å². The lowest BCUT2D eigenvalue weighted by Gasteiger charge is -2.29. The number of benzene rings is 2. The molecule has 1 unspecified atom stereocenters. The fraction of sp³-hybridized carbons (Fsp3) is 0.269. The number of anilines is 1. The molecule has 1 aliphatic rings. The smallest absolute Gasteiger partial charge is 0.136 e. The summed E-state index contributed by atoms with van der Waals surface area (Å²) >= 11 is 0. The fourth-order valence-electron chi connectivity index (χ4n) is 3.98. The highest BCUT2D eigenvalue weighted by atomic mass is 19.1. The number of hydrogen-bond donors (Lipinski definition) is 1. The van der Waals surface area contributed by atoms with Crippen LogP contribution in [0.5, 0.6) is 0 Å². The highest BCUT2D eigenvalue weighted by Gasteiger charge is 2.22. The van der Waals surface area contributed by atoms with Gasteiger partial charge >= 0.3 is 0 Å². The largest absolute Gasteiger partial charge is 0.499 e. The first kappa shape index (κ1) is 24.4. The number of aliphatic hydroxyl groups is 1. The summed E-state index contributed by atoms with van der Waals surface area (Å²) in [5, 5.41) is 11.1. The molecule has 0 amide bonds. The maximum absolute atomic E-state index is 15.4. The lowest BCUT2D eigenvalue weighted by Crippen LogP contribution is -2.36. The van der Waals surface area contributed by atoms with Crippen molar-refractivity contribution in [2.24, 2.45) is 4.99 Å². The summed E-state index contributed by atoms with van der Waals surface area (Å²) < 4.78 is 41.0. The van der Waals surface area contributed by atoms with E-state index in [1.807, 2.05) is 4.90 Å². The van der Waals surface area contributed by atoms with E-state index in [9.17, 15) is 5.11 Å². The van der Waals surface area contributed by atoms with Gasteiger partial charge in [0.25, 0.3) is 0 Å². The van der Waals surface area contributed by atoms with Crippen molar-refractivity contribution in [2.75, 3.05) is 38.3 Å². The minimum atomic E-state index is -1.23. The van der Waals surface area contributed by atoms with Gasteiger partial charge in [-0.15, -0.1) is 0 Å². The van der Waals surface area contributed by atoms with Gasteiger partial charge in [-0.25, -0.2) is 18.7 Å². The second kappa shape index (κ2) is 10.7. The molecule has 0 bridgehead atoms. The number of fused-ring (bicyclic) bond motifs is 1. The van der Waals surface area contributed by atoms with Crippen LogP contribution in [0.15, 0.2) is 65.8 Å². The summed E-state index contributed by atoms with van der Waals surface area (Å²) in [4.78, 5) is 14.7. The van der Waals surface area contributed by atoms with Gasteiger partial charge in [0.15, 0.2) is 0 Å². The van der Waals surface area contributed by atoms with Crippen LogP contribution in [0.1, 0.15) is 18.6 Å². The molecule has 2 heterocycles. The van der Waals surface area contributed by atoms with E-state index in [-0.39, 0.29) is 22.3 Å². The van der Waals surface area contributed by atoms with Crippen molar-refractivity contribution in [2.45, 2.75) is 13.0 Å². The Balaban J connectivity index is 1.81. The molecule has 1 aliphatic heterocycles. The van der Waals surface area contributed by atoms with Gasteiger partial charge in [0, 0.05) is 30.6 Å². The minimum absolute atomic E-state index is 0.0362. The third-order valence-electron chi connectivity index (χ3n) is 5.86. The van der Waals surface area contributed by atoms with E-state index in [0.29, 0.717) is 48.8 Å². The van der Waals surface area contributed by atoms with E-state index in [0.717, 1.165) is 0 Å². The SMILES string of the molecule is C=CC=N/C(=C(\C)OC)C(O)c1ccc(F)c(-c2ncnc3cc(N4CCOCC4)cc(F)c23)c1. The number of aliphatic hydroxyl groups excluding tert-OH is 1. The average molecular weight is 481 g/mol. The number of hydrogen-bond acceptors (Lipinski definition) is 7. The Hall–Kier alpha value is -3.69. The van der Waals surface area contributed by atoms with E-state index >= 15 is 8.78 Å². The molecule has 182 valence electrons. The van der Waals surface area contributed by atoms with Crippen molar-refractivity contribution in [1.29, 1.82) is 0 Å². The molecule has 1 N–H and O–H groups in total. The maximum Gasteiger partial charge on any atom is 0.136 e. The quantitative estimate of drug-likeness (QED) is 0.394. The molecular weight excluding hydrogens is 454 g/mol. The number of allylic oxidation sites excluding steroid dienone is 2. The first-order valence-electron chi connectivity index (χ1n) is 11.1. The monoisotopic (exact) mass is 480 g/mol. The maximum atomic E-state index is 15.4. The number of aromatic nitrogens is 2. The summed E-state index contributed by atoms with van der Waals surface area (Å²) in [6.45, 7) is 7.64. The van der Waals surface area contributed by atoms with Crippen molar-refractivity contribution >= 4 is 22.8 Å². The molecule has 2 aromatic carbocycles. The van der Waals surface area contributed by atoms with Crippen molar-refractivity contribution in [3.05, 3.63) is 78.0 Å². The van der Waals surface area contributed by atoms with Crippen molar-refractivity contribution in [1.82, 2.24) is 9.97 Å². The Morgan fingerprint density at radius 1 is 1.20 bits per heavy atom. The zero-order valence-corrected chi connectivity index (χ0v) is 19.5. The Labute approximate surface area is 202 Å². The molecule has 3 aromatic rings. The number of halogens is 2. The molecule has 0 spiro atoms. The molecule has 0 saturated carbocycles. The average Bonchev–Trinajstić information content (AvgIpc) is 2.89. The highest BCUT2D eigenvalue weighted by Crippen LogP contribution is 2.35. The van der Waals surface area contributed by atoms with Crippen LogP contribution in [0.4, 0.5) is 14.5 Å². The van der Waals surface area contributed by atoms with Gasteiger partial charge in [0.2, 0.25) is 0 Å². The van der Waals surface area contributed by atoms with Gasteiger partial charge in [0.05, 0.1) is 36.9 Å². The second-order valence-corrected chi connectivity index (χ2v) is 7.94. The predicted octanol–water partition coefficient (Wildman–Crippen LogP) is 4.58. The zero-order valence-electron chi connectivity index (χ0n) is 19.5. The molecule has 35 heavy (non-hydrogen) atoms. The molecule has 0 aliphatic carbocycles. The Kier molecular flexibility index (Phi) is 7.48. The fourth-order valence-corrected chi connectivity index (χ4v) is 3.98. The molecule has 9 heteroatoms. The van der Waals surface area contributed by atoms with E-state index in [1.165, 1.54) is 50.0 Å². The molecule has 1 saturated heterocycles. The van der Waals surface area contributed by atoms with Crippen LogP contribution in [0.2, 0.25) is 0 Å². The van der Waals surface area contributed by atoms with Crippen LogP contribution in [0.3, 0.4) is 0 Å². The summed E-state index contributed by atoms with van der Waals surface area (Å²) in [5.41, 5.74) is 1.74. The summed E-state index contributed by atoms with van der Waals surface area (Å²) in [7, 11) is 1.46. The van der Waals surface area contributed by atoms with E-state index in [4.69, 9.17) is 9.47 Å². The van der Waals surface area contributed by atoms with E-state index in [2.05, 4.69) is 21.5 Å².